The third-order valence-electron chi connectivity index (χ3n) is 7.06. The monoisotopic (exact) mass is 573 g/mol. The fraction of sp³-hybridized carbons (Fsp3) is 0.333. The second kappa shape index (κ2) is 10.4. The molecule has 8 nitrogen and oxygen atoms in total. The van der Waals surface area contributed by atoms with E-state index in [1.54, 1.807) is 20.2 Å². The first kappa shape index (κ1) is 27.3. The van der Waals surface area contributed by atoms with Gasteiger partial charge in [0.05, 0.1) is 17.1 Å². The van der Waals surface area contributed by atoms with Crippen LogP contribution in [0.3, 0.4) is 0 Å². The molecule has 0 radical (unpaired) electrons. The Kier molecular flexibility index (Phi) is 7.25. The summed E-state index contributed by atoms with van der Waals surface area (Å²) in [5.41, 5.74) is -0.634. The van der Waals surface area contributed by atoms with E-state index in [-0.39, 0.29) is 36.1 Å². The average molecular weight is 574 g/mol. The minimum atomic E-state index is -1.22. The molecular formula is C27H26ClF2N5O3S. The lowest BCUT2D eigenvalue weighted by Gasteiger charge is -2.49. The third-order valence-corrected chi connectivity index (χ3v) is 8.43. The van der Waals surface area contributed by atoms with E-state index in [0.29, 0.717) is 46.0 Å². The zero-order valence-electron chi connectivity index (χ0n) is 21.4. The van der Waals surface area contributed by atoms with Crippen molar-refractivity contribution in [2.75, 3.05) is 50.9 Å². The van der Waals surface area contributed by atoms with Crippen LogP contribution in [0.1, 0.15) is 0 Å². The van der Waals surface area contributed by atoms with Crippen molar-refractivity contribution in [2.24, 2.45) is 0 Å². The predicted octanol–water partition coefficient (Wildman–Crippen LogP) is 3.43. The van der Waals surface area contributed by atoms with Gasteiger partial charge in [0.15, 0.2) is 0 Å². The van der Waals surface area contributed by atoms with Crippen LogP contribution in [0.5, 0.6) is 0 Å². The number of piperazine rings is 1. The Bertz CT molecular complexity index is 1580. The maximum absolute atomic E-state index is 14.9. The molecule has 12 heteroatoms. The number of nitrogens with zero attached hydrogens (tertiary/aromatic N) is 5. The van der Waals surface area contributed by atoms with Crippen molar-refractivity contribution in [3.05, 3.63) is 64.1 Å². The Hall–Kier alpha value is -3.28. The normalized spacial score (nSPS) is 19.0. The van der Waals surface area contributed by atoms with Crippen molar-refractivity contribution in [1.82, 2.24) is 19.4 Å². The number of carbonyl (C=O) groups excluding carboxylic acids is 2. The van der Waals surface area contributed by atoms with Crippen molar-refractivity contribution in [2.45, 2.75) is 17.0 Å². The zero-order chi connectivity index (χ0) is 28.1. The number of hydrogen-bond donors (Lipinski definition) is 0. The van der Waals surface area contributed by atoms with E-state index in [1.165, 1.54) is 33.4 Å². The van der Waals surface area contributed by atoms with Crippen LogP contribution in [0, 0.1) is 11.6 Å². The number of carbonyl (C=O) groups is 2. The van der Waals surface area contributed by atoms with E-state index in [4.69, 9.17) is 11.6 Å². The minimum Gasteiger partial charge on any atom is -0.351 e. The molecule has 1 aromatic heterocycles. The largest absolute Gasteiger partial charge is 0.351 e. The quantitative estimate of drug-likeness (QED) is 0.330. The van der Waals surface area contributed by atoms with E-state index in [9.17, 15) is 23.2 Å². The van der Waals surface area contributed by atoms with Crippen LogP contribution >= 0.6 is 23.4 Å². The molecule has 1 amide bonds. The summed E-state index contributed by atoms with van der Waals surface area (Å²) < 4.78 is 30.1. The Balaban J connectivity index is 1.71. The van der Waals surface area contributed by atoms with E-state index in [0.717, 1.165) is 18.4 Å². The maximum Gasteiger partial charge on any atom is 0.350 e. The predicted molar refractivity (Wildman–Crippen MR) is 149 cm³/mol. The van der Waals surface area contributed by atoms with Gasteiger partial charge in [0, 0.05) is 59.4 Å². The van der Waals surface area contributed by atoms with Gasteiger partial charge in [0.25, 0.3) is 0 Å². The molecule has 1 unspecified atom stereocenters. The van der Waals surface area contributed by atoms with Gasteiger partial charge in [0.1, 0.15) is 29.3 Å². The highest BCUT2D eigenvalue weighted by Crippen LogP contribution is 2.46. The highest BCUT2D eigenvalue weighted by atomic mass is 35.5. The number of thioether (sulfide) groups is 1. The van der Waals surface area contributed by atoms with Crippen LogP contribution in [0.2, 0.25) is 5.02 Å². The highest BCUT2D eigenvalue weighted by Gasteiger charge is 2.45. The van der Waals surface area contributed by atoms with E-state index < -0.39 is 22.9 Å². The summed E-state index contributed by atoms with van der Waals surface area (Å²) in [6, 6.07) is 4.94. The molecular weight excluding hydrogens is 548 g/mol. The molecule has 0 spiro atoms. The first-order valence-corrected chi connectivity index (χ1v) is 13.6. The molecule has 1 fully saturated rings. The highest BCUT2D eigenvalue weighted by molar-refractivity contribution is 7.99. The van der Waals surface area contributed by atoms with Gasteiger partial charge in [-0.2, -0.15) is 4.98 Å². The summed E-state index contributed by atoms with van der Waals surface area (Å²) in [6.45, 7) is 4.83. The lowest BCUT2D eigenvalue weighted by molar-refractivity contribution is -0.139. The number of aryl methyl sites for hydroxylation is 1. The van der Waals surface area contributed by atoms with Gasteiger partial charge >= 0.3 is 5.69 Å². The Morgan fingerprint density at radius 2 is 2.03 bits per heavy atom. The number of amides is 1. The maximum atomic E-state index is 14.9. The molecule has 0 saturated carbocycles. The molecule has 3 heterocycles. The van der Waals surface area contributed by atoms with Crippen molar-refractivity contribution >= 4 is 52.3 Å². The fourth-order valence-corrected chi connectivity index (χ4v) is 7.07. The third kappa shape index (κ3) is 4.62. The summed E-state index contributed by atoms with van der Waals surface area (Å²) in [5, 5.41) is 0.794. The first-order chi connectivity index (χ1) is 18.6. The van der Waals surface area contributed by atoms with E-state index in [1.807, 2.05) is 9.80 Å². The van der Waals surface area contributed by atoms with E-state index >= 15 is 0 Å². The van der Waals surface area contributed by atoms with Crippen molar-refractivity contribution in [3.8, 4) is 11.1 Å². The minimum absolute atomic E-state index is 0.0915. The van der Waals surface area contributed by atoms with Crippen LogP contribution < -0.4 is 10.6 Å². The molecule has 39 heavy (non-hydrogen) atoms. The molecule has 2 aliphatic heterocycles. The van der Waals surface area contributed by atoms with Gasteiger partial charge in [-0.3, -0.25) is 9.36 Å². The van der Waals surface area contributed by atoms with Crippen LogP contribution in [0.4, 0.5) is 14.6 Å². The Morgan fingerprint density at radius 1 is 1.26 bits per heavy atom. The van der Waals surface area contributed by atoms with Crippen molar-refractivity contribution < 1.29 is 18.4 Å². The first-order valence-electron chi connectivity index (χ1n) is 12.3. The summed E-state index contributed by atoms with van der Waals surface area (Å²) >= 11 is 8.20. The molecule has 0 bridgehead atoms. The van der Waals surface area contributed by atoms with Crippen LogP contribution in [0.15, 0.2) is 46.6 Å². The second-order valence-corrected chi connectivity index (χ2v) is 11.4. The number of benzene rings is 2. The standard InChI is InChI=1S/C27H26ClF2N5O3S/c1-4-21(37)35-8-7-33(14-27(35,15-36)13-32(2)3)25-18-12-19(28)22(17-6-5-16(29)11-20(17)30)24-23(18)34(9-10-39-24)26(38)31-25/h4-6,11-12,15H,1,7-10,13-14H2,2-3H3. The van der Waals surface area contributed by atoms with Gasteiger partial charge in [-0.15, -0.1) is 11.8 Å². The van der Waals surface area contributed by atoms with E-state index in [2.05, 4.69) is 11.6 Å². The molecule has 0 aliphatic carbocycles. The number of hydrogen-bond acceptors (Lipinski definition) is 7. The molecule has 204 valence electrons. The van der Waals surface area contributed by atoms with Gasteiger partial charge < -0.3 is 19.5 Å². The van der Waals surface area contributed by atoms with Crippen molar-refractivity contribution in [3.63, 3.8) is 0 Å². The van der Waals surface area contributed by atoms with Crippen LogP contribution in [-0.4, -0.2) is 83.1 Å². The average Bonchev–Trinajstić information content (AvgIpc) is 2.90. The molecule has 1 saturated heterocycles. The second-order valence-electron chi connectivity index (χ2n) is 9.88. The number of aromatic nitrogens is 2. The molecule has 3 aromatic rings. The number of halogens is 3. The van der Waals surface area contributed by atoms with Gasteiger partial charge in [0.2, 0.25) is 5.91 Å². The number of rotatable bonds is 6. The SMILES string of the molecule is C=CC(=O)N1CCN(c2nc(=O)n3c4c(c(-c5ccc(F)cc5F)c(Cl)cc24)SCC3)CC1(C=O)CN(C)C. The van der Waals surface area contributed by atoms with Crippen LogP contribution in [-0.2, 0) is 16.1 Å². The van der Waals surface area contributed by atoms with Gasteiger partial charge in [-0.1, -0.05) is 18.2 Å². The summed E-state index contributed by atoms with van der Waals surface area (Å²) in [6.07, 6.45) is 1.94. The Morgan fingerprint density at radius 3 is 2.69 bits per heavy atom. The van der Waals surface area contributed by atoms with Gasteiger partial charge in [-0.25, -0.2) is 13.6 Å². The summed E-state index contributed by atoms with van der Waals surface area (Å²) in [4.78, 5) is 48.7. The molecule has 2 aliphatic rings. The number of anilines is 1. The summed E-state index contributed by atoms with van der Waals surface area (Å²) in [7, 11) is 3.61. The van der Waals surface area contributed by atoms with Crippen molar-refractivity contribution in [1.29, 1.82) is 0 Å². The molecule has 2 aromatic carbocycles. The molecule has 0 N–H and O–H groups in total. The zero-order valence-corrected chi connectivity index (χ0v) is 23.0. The Labute approximate surface area is 232 Å². The lowest BCUT2D eigenvalue weighted by Crippen LogP contribution is -2.68. The number of aldehydes is 1. The van der Waals surface area contributed by atoms with Crippen LogP contribution in [0.25, 0.3) is 22.0 Å². The molecule has 5 rings (SSSR count). The van der Waals surface area contributed by atoms with Gasteiger partial charge in [-0.05, 0) is 38.4 Å². The number of likely N-dealkylation sites (N-methyl/N-ethyl adjacent to an activating group) is 1. The smallest absolute Gasteiger partial charge is 0.350 e. The topological polar surface area (TPSA) is 78.8 Å². The lowest BCUT2D eigenvalue weighted by atomic mass is 9.93. The molecule has 1 atom stereocenters. The summed E-state index contributed by atoms with van der Waals surface area (Å²) in [5.74, 6) is -0.955. The fourth-order valence-electron chi connectivity index (χ4n) is 5.51.